The summed E-state index contributed by atoms with van der Waals surface area (Å²) < 4.78 is 0.969. The number of hydrogen-bond acceptors (Lipinski definition) is 4. The molecule has 17 heavy (non-hydrogen) atoms. The summed E-state index contributed by atoms with van der Waals surface area (Å²) in [5.41, 5.74) is 0.0303. The maximum atomic E-state index is 11.4. The highest BCUT2D eigenvalue weighted by molar-refractivity contribution is 6.02. The molecule has 3 N–H and O–H groups in total. The smallest absolute Gasteiger partial charge is 0.352 e. The predicted molar refractivity (Wildman–Crippen MR) is 58.5 cm³/mol. The molecule has 6 nitrogen and oxygen atoms in total. The molecule has 88 valence electrons. The van der Waals surface area contributed by atoms with Gasteiger partial charge >= 0.3 is 5.97 Å². The van der Waals surface area contributed by atoms with Crippen molar-refractivity contribution >= 4 is 22.8 Å². The number of hydrogen-bond donors (Lipinski definition) is 3. The molecule has 1 aromatic carbocycles. The molecular weight excluding hydrogens is 226 g/mol. The van der Waals surface area contributed by atoms with Crippen molar-refractivity contribution in [1.29, 1.82) is 0 Å². The van der Waals surface area contributed by atoms with Crippen LogP contribution in [0.5, 0.6) is 11.5 Å². The summed E-state index contributed by atoms with van der Waals surface area (Å²) in [5.74, 6) is -2.51. The highest BCUT2D eigenvalue weighted by Crippen LogP contribution is 2.32. The Morgan fingerprint density at radius 2 is 1.71 bits per heavy atom. The fourth-order valence-corrected chi connectivity index (χ4v) is 1.73. The Labute approximate surface area is 95.3 Å². The lowest BCUT2D eigenvalue weighted by Gasteiger charge is -2.03. The molecule has 2 aromatic rings. The number of phenolic OH excluding ortho intramolecular Hbond substituents is 2. The van der Waals surface area contributed by atoms with Gasteiger partial charge < -0.3 is 15.3 Å². The predicted octanol–water partition coefficient (Wildman–Crippen LogP) is 1.41. The molecule has 1 aromatic heterocycles. The number of aromatic nitrogens is 1. The number of fused-ring (bicyclic) bond motifs is 1. The first-order valence-electron chi connectivity index (χ1n) is 4.73. The van der Waals surface area contributed by atoms with E-state index in [1.807, 2.05) is 0 Å². The van der Waals surface area contributed by atoms with Crippen LogP contribution in [0, 0.1) is 0 Å². The van der Waals surface area contributed by atoms with Crippen LogP contribution in [0.15, 0.2) is 18.2 Å². The number of carboxylic acid groups (broad SMARTS) is 1. The Balaban J connectivity index is 2.90. The number of phenols is 2. The Hall–Kier alpha value is -2.50. The molecule has 0 radical (unpaired) electrons. The molecule has 2 rings (SSSR count). The van der Waals surface area contributed by atoms with Crippen molar-refractivity contribution in [2.75, 3.05) is 0 Å². The lowest BCUT2D eigenvalue weighted by atomic mass is 10.2. The zero-order valence-corrected chi connectivity index (χ0v) is 8.84. The van der Waals surface area contributed by atoms with Crippen LogP contribution in [0.2, 0.25) is 0 Å². The monoisotopic (exact) mass is 235 g/mol. The maximum absolute atomic E-state index is 11.4. The summed E-state index contributed by atoms with van der Waals surface area (Å²) in [4.78, 5) is 22.4. The van der Waals surface area contributed by atoms with Gasteiger partial charge in [-0.25, -0.2) is 4.79 Å². The van der Waals surface area contributed by atoms with E-state index < -0.39 is 17.6 Å². The van der Waals surface area contributed by atoms with E-state index in [1.165, 1.54) is 19.1 Å². The van der Waals surface area contributed by atoms with Crippen molar-refractivity contribution in [3.8, 4) is 11.5 Å². The van der Waals surface area contributed by atoms with E-state index in [4.69, 9.17) is 5.11 Å². The second-order valence-electron chi connectivity index (χ2n) is 3.59. The molecular formula is C11H9NO5. The Kier molecular flexibility index (Phi) is 2.27. The lowest BCUT2D eigenvalue weighted by Crippen LogP contribution is -2.13. The fraction of sp³-hybridized carbons (Fsp3) is 0.0909. The number of nitrogens with zero attached hydrogens (tertiary/aromatic N) is 1. The third kappa shape index (κ3) is 1.59. The minimum Gasteiger partial charge on any atom is -0.504 e. The number of carbonyl (C=O) groups excluding carboxylic acids is 1. The van der Waals surface area contributed by atoms with Gasteiger partial charge in [0.1, 0.15) is 5.69 Å². The Morgan fingerprint density at radius 1 is 1.12 bits per heavy atom. The summed E-state index contributed by atoms with van der Waals surface area (Å²) >= 11 is 0. The lowest BCUT2D eigenvalue weighted by molar-refractivity contribution is 0.0676. The molecule has 0 spiro atoms. The van der Waals surface area contributed by atoms with E-state index in [-0.39, 0.29) is 17.0 Å². The first-order chi connectivity index (χ1) is 7.91. The molecule has 0 saturated carbocycles. The van der Waals surface area contributed by atoms with Crippen molar-refractivity contribution < 1.29 is 24.9 Å². The van der Waals surface area contributed by atoms with E-state index in [0.717, 1.165) is 10.6 Å². The van der Waals surface area contributed by atoms with E-state index in [1.54, 1.807) is 0 Å². The van der Waals surface area contributed by atoms with Gasteiger partial charge in [0, 0.05) is 18.4 Å². The highest BCUT2D eigenvalue weighted by atomic mass is 16.4. The number of carboxylic acids is 1. The maximum Gasteiger partial charge on any atom is 0.352 e. The molecule has 0 amide bonds. The highest BCUT2D eigenvalue weighted by Gasteiger charge is 2.18. The van der Waals surface area contributed by atoms with Crippen LogP contribution in [0.4, 0.5) is 0 Å². The van der Waals surface area contributed by atoms with Crippen molar-refractivity contribution in [3.63, 3.8) is 0 Å². The first kappa shape index (κ1) is 11.0. The van der Waals surface area contributed by atoms with Crippen LogP contribution >= 0.6 is 0 Å². The summed E-state index contributed by atoms with van der Waals surface area (Å²) in [6, 6.07) is 3.62. The van der Waals surface area contributed by atoms with Crippen molar-refractivity contribution in [2.24, 2.45) is 0 Å². The number of aromatic carboxylic acids is 1. The van der Waals surface area contributed by atoms with E-state index in [9.17, 15) is 19.8 Å². The SMILES string of the molecule is CC(=O)n1c(C(=O)O)cc2cc(O)c(O)cc21. The standard InChI is InChI=1S/C11H9NO5/c1-5(13)12-7-4-10(15)9(14)3-6(7)2-8(12)11(16)17/h2-4,14-15H,1H3,(H,16,17). The van der Waals surface area contributed by atoms with Crippen LogP contribution in [0.25, 0.3) is 10.9 Å². The van der Waals surface area contributed by atoms with Crippen LogP contribution < -0.4 is 0 Å². The molecule has 0 aliphatic heterocycles. The molecule has 0 bridgehead atoms. The van der Waals surface area contributed by atoms with E-state index >= 15 is 0 Å². The van der Waals surface area contributed by atoms with E-state index in [2.05, 4.69) is 0 Å². The summed E-state index contributed by atoms with van der Waals surface area (Å²) in [6.07, 6.45) is 0. The molecule has 0 atom stereocenters. The zero-order valence-electron chi connectivity index (χ0n) is 8.84. The molecule has 0 saturated heterocycles. The summed E-state index contributed by atoms with van der Waals surface area (Å²) in [6.45, 7) is 1.22. The van der Waals surface area contributed by atoms with Crippen LogP contribution in [0.3, 0.4) is 0 Å². The first-order valence-corrected chi connectivity index (χ1v) is 4.73. The topological polar surface area (TPSA) is 99.8 Å². The summed E-state index contributed by atoms with van der Waals surface area (Å²) in [5, 5.41) is 28.0. The van der Waals surface area contributed by atoms with Gasteiger partial charge in [-0.3, -0.25) is 9.36 Å². The normalized spacial score (nSPS) is 10.6. The van der Waals surface area contributed by atoms with E-state index in [0.29, 0.717) is 5.39 Å². The van der Waals surface area contributed by atoms with Crippen molar-refractivity contribution in [3.05, 3.63) is 23.9 Å². The number of carbonyl (C=O) groups is 2. The van der Waals surface area contributed by atoms with Crippen LogP contribution in [0.1, 0.15) is 22.2 Å². The van der Waals surface area contributed by atoms with Gasteiger partial charge in [-0.15, -0.1) is 0 Å². The van der Waals surface area contributed by atoms with Crippen LogP contribution in [-0.2, 0) is 0 Å². The van der Waals surface area contributed by atoms with Gasteiger partial charge in [0.05, 0.1) is 5.52 Å². The molecule has 0 aliphatic carbocycles. The molecule has 1 heterocycles. The minimum atomic E-state index is -1.25. The largest absolute Gasteiger partial charge is 0.504 e. The average Bonchev–Trinajstić information content (AvgIpc) is 2.57. The average molecular weight is 235 g/mol. The molecule has 0 fully saturated rings. The third-order valence-corrected chi connectivity index (χ3v) is 2.43. The quantitative estimate of drug-likeness (QED) is 0.649. The van der Waals surface area contributed by atoms with Crippen molar-refractivity contribution in [2.45, 2.75) is 6.92 Å². The minimum absolute atomic E-state index is 0.211. The van der Waals surface area contributed by atoms with Crippen LogP contribution in [-0.4, -0.2) is 31.8 Å². The van der Waals surface area contributed by atoms with Crippen molar-refractivity contribution in [1.82, 2.24) is 4.57 Å². The number of rotatable bonds is 1. The third-order valence-electron chi connectivity index (χ3n) is 2.43. The van der Waals surface area contributed by atoms with Gasteiger partial charge in [0.25, 0.3) is 0 Å². The fourth-order valence-electron chi connectivity index (χ4n) is 1.73. The second-order valence-corrected chi connectivity index (χ2v) is 3.59. The molecule has 6 heteroatoms. The molecule has 0 unspecified atom stereocenters. The Morgan fingerprint density at radius 3 is 2.24 bits per heavy atom. The van der Waals surface area contributed by atoms with Gasteiger partial charge in [-0.2, -0.15) is 0 Å². The second kappa shape index (κ2) is 3.51. The summed E-state index contributed by atoms with van der Waals surface area (Å²) in [7, 11) is 0. The Bertz CT molecular complexity index is 641. The number of benzene rings is 1. The van der Waals surface area contributed by atoms with Gasteiger partial charge in [0.2, 0.25) is 5.91 Å². The molecule has 0 aliphatic rings. The van der Waals surface area contributed by atoms with Gasteiger partial charge in [-0.1, -0.05) is 0 Å². The van der Waals surface area contributed by atoms with Gasteiger partial charge in [-0.05, 0) is 12.1 Å². The van der Waals surface area contributed by atoms with Gasteiger partial charge in [0.15, 0.2) is 11.5 Å². The number of aromatic hydroxyl groups is 2. The zero-order chi connectivity index (χ0) is 12.7.